The number of nitrogens with zero attached hydrogens (tertiary/aromatic N) is 1. The second-order valence-corrected chi connectivity index (χ2v) is 5.83. The third kappa shape index (κ3) is 5.12. The normalized spacial score (nSPS) is 19.9. The number of aliphatic carboxylic acids is 1. The van der Waals surface area contributed by atoms with Gasteiger partial charge in [-0.05, 0) is 49.5 Å². The van der Waals surface area contributed by atoms with Crippen molar-refractivity contribution in [3.63, 3.8) is 0 Å². The summed E-state index contributed by atoms with van der Waals surface area (Å²) in [4.78, 5) is 12.9. The van der Waals surface area contributed by atoms with Crippen molar-refractivity contribution >= 4 is 17.6 Å². The molecule has 0 saturated carbocycles. The summed E-state index contributed by atoms with van der Waals surface area (Å²) < 4.78 is 0. The van der Waals surface area contributed by atoms with Gasteiger partial charge in [-0.25, -0.2) is 0 Å². The second kappa shape index (κ2) is 7.62. The van der Waals surface area contributed by atoms with Gasteiger partial charge in [0.05, 0.1) is 6.54 Å². The van der Waals surface area contributed by atoms with Gasteiger partial charge in [0.15, 0.2) is 0 Å². The molecule has 2 N–H and O–H groups in total. The highest BCUT2D eigenvalue weighted by Crippen LogP contribution is 2.19. The van der Waals surface area contributed by atoms with E-state index >= 15 is 0 Å². The fraction of sp³-hybridized carbons (Fsp3) is 0.533. The average Bonchev–Trinajstić information content (AvgIpc) is 2.41. The van der Waals surface area contributed by atoms with E-state index in [-0.39, 0.29) is 6.54 Å². The highest BCUT2D eigenvalue weighted by molar-refractivity contribution is 6.30. The molecule has 1 fully saturated rings. The van der Waals surface area contributed by atoms with Gasteiger partial charge >= 0.3 is 5.97 Å². The SMILES string of the molecule is O=C(O)CNCC1CCCN(Cc2ccc(Cl)cc2)C1. The Balaban J connectivity index is 1.78. The van der Waals surface area contributed by atoms with Crippen LogP contribution >= 0.6 is 11.6 Å². The lowest BCUT2D eigenvalue weighted by atomic mass is 9.97. The van der Waals surface area contributed by atoms with Crippen molar-refractivity contribution in [2.75, 3.05) is 26.2 Å². The van der Waals surface area contributed by atoms with Crippen LogP contribution in [0.2, 0.25) is 5.02 Å². The minimum atomic E-state index is -0.793. The van der Waals surface area contributed by atoms with Crippen molar-refractivity contribution in [3.05, 3.63) is 34.9 Å². The number of nitrogens with one attached hydrogen (secondary N) is 1. The molecule has 2 rings (SSSR count). The summed E-state index contributed by atoms with van der Waals surface area (Å²) in [7, 11) is 0. The quantitative estimate of drug-likeness (QED) is 0.845. The van der Waals surface area contributed by atoms with E-state index in [0.29, 0.717) is 5.92 Å². The Morgan fingerprint density at radius 1 is 1.40 bits per heavy atom. The first kappa shape index (κ1) is 15.3. The number of halogens is 1. The van der Waals surface area contributed by atoms with E-state index in [1.165, 1.54) is 18.4 Å². The first-order chi connectivity index (χ1) is 9.63. The van der Waals surface area contributed by atoms with Crippen LogP contribution in [0.1, 0.15) is 18.4 Å². The van der Waals surface area contributed by atoms with E-state index in [4.69, 9.17) is 16.7 Å². The predicted molar refractivity (Wildman–Crippen MR) is 80.0 cm³/mol. The minimum Gasteiger partial charge on any atom is -0.480 e. The number of carbonyl (C=O) groups is 1. The van der Waals surface area contributed by atoms with E-state index in [2.05, 4.69) is 22.3 Å². The highest BCUT2D eigenvalue weighted by atomic mass is 35.5. The smallest absolute Gasteiger partial charge is 0.317 e. The van der Waals surface area contributed by atoms with Crippen molar-refractivity contribution in [2.45, 2.75) is 19.4 Å². The van der Waals surface area contributed by atoms with E-state index in [1.807, 2.05) is 12.1 Å². The number of benzene rings is 1. The van der Waals surface area contributed by atoms with Crippen LogP contribution in [0, 0.1) is 5.92 Å². The molecular formula is C15H21ClN2O2. The van der Waals surface area contributed by atoms with Crippen LogP contribution in [0.25, 0.3) is 0 Å². The Kier molecular flexibility index (Phi) is 5.83. The van der Waals surface area contributed by atoms with Crippen molar-refractivity contribution in [2.24, 2.45) is 5.92 Å². The molecule has 1 heterocycles. The van der Waals surface area contributed by atoms with Crippen LogP contribution in [0.4, 0.5) is 0 Å². The molecule has 1 saturated heterocycles. The van der Waals surface area contributed by atoms with Crippen molar-refractivity contribution in [1.82, 2.24) is 10.2 Å². The number of likely N-dealkylation sites (tertiary alicyclic amines) is 1. The van der Waals surface area contributed by atoms with Crippen LogP contribution in [0.5, 0.6) is 0 Å². The zero-order valence-electron chi connectivity index (χ0n) is 11.5. The lowest BCUT2D eigenvalue weighted by Crippen LogP contribution is -2.40. The third-order valence-electron chi connectivity index (χ3n) is 3.63. The predicted octanol–water partition coefficient (Wildman–Crippen LogP) is 2.23. The van der Waals surface area contributed by atoms with Crippen LogP contribution in [0.15, 0.2) is 24.3 Å². The molecule has 110 valence electrons. The molecule has 0 amide bonds. The first-order valence-electron chi connectivity index (χ1n) is 7.03. The summed E-state index contributed by atoms with van der Waals surface area (Å²) in [6, 6.07) is 7.97. The third-order valence-corrected chi connectivity index (χ3v) is 3.88. The number of hydrogen-bond acceptors (Lipinski definition) is 3. The van der Waals surface area contributed by atoms with E-state index in [0.717, 1.165) is 31.2 Å². The molecule has 0 radical (unpaired) electrons. The molecule has 1 aliphatic heterocycles. The Bertz CT molecular complexity index is 436. The number of carboxylic acids is 1. The molecular weight excluding hydrogens is 276 g/mol. The number of hydrogen-bond donors (Lipinski definition) is 2. The van der Waals surface area contributed by atoms with Gasteiger partial charge < -0.3 is 10.4 Å². The molecule has 1 aromatic carbocycles. The Morgan fingerprint density at radius 3 is 2.85 bits per heavy atom. The van der Waals surface area contributed by atoms with Crippen molar-refractivity contribution in [3.8, 4) is 0 Å². The van der Waals surface area contributed by atoms with Gasteiger partial charge in [-0.15, -0.1) is 0 Å². The maximum absolute atomic E-state index is 10.5. The lowest BCUT2D eigenvalue weighted by Gasteiger charge is -2.32. The Hall–Kier alpha value is -1.10. The van der Waals surface area contributed by atoms with Gasteiger partial charge in [0.1, 0.15) is 0 Å². The Labute approximate surface area is 124 Å². The largest absolute Gasteiger partial charge is 0.480 e. The van der Waals surface area contributed by atoms with Gasteiger partial charge in [0.2, 0.25) is 0 Å². The topological polar surface area (TPSA) is 52.6 Å². The summed E-state index contributed by atoms with van der Waals surface area (Å²) in [5.74, 6) is -0.255. The molecule has 1 atom stereocenters. The van der Waals surface area contributed by atoms with Crippen LogP contribution in [-0.4, -0.2) is 42.2 Å². The standard InChI is InChI=1S/C15H21ClN2O2/c16-14-5-3-12(4-6-14)10-18-7-1-2-13(11-18)8-17-9-15(19)20/h3-6,13,17H,1-2,7-11H2,(H,19,20). The summed E-state index contributed by atoms with van der Waals surface area (Å²) in [5.41, 5.74) is 1.27. The first-order valence-corrected chi connectivity index (χ1v) is 7.40. The summed E-state index contributed by atoms with van der Waals surface area (Å²) in [5, 5.41) is 12.4. The van der Waals surface area contributed by atoms with Crippen molar-refractivity contribution < 1.29 is 9.90 Å². The van der Waals surface area contributed by atoms with Gasteiger partial charge in [-0.2, -0.15) is 0 Å². The summed E-state index contributed by atoms with van der Waals surface area (Å²) in [6.45, 7) is 3.90. The fourth-order valence-corrected chi connectivity index (χ4v) is 2.82. The number of piperidine rings is 1. The monoisotopic (exact) mass is 296 g/mol. The van der Waals surface area contributed by atoms with Crippen LogP contribution in [-0.2, 0) is 11.3 Å². The van der Waals surface area contributed by atoms with Gasteiger partial charge in [0.25, 0.3) is 0 Å². The van der Waals surface area contributed by atoms with Crippen LogP contribution < -0.4 is 5.32 Å². The lowest BCUT2D eigenvalue weighted by molar-refractivity contribution is -0.136. The second-order valence-electron chi connectivity index (χ2n) is 5.39. The average molecular weight is 297 g/mol. The molecule has 5 heteroatoms. The van der Waals surface area contributed by atoms with E-state index < -0.39 is 5.97 Å². The molecule has 1 aliphatic rings. The zero-order valence-corrected chi connectivity index (χ0v) is 12.3. The highest BCUT2D eigenvalue weighted by Gasteiger charge is 2.19. The summed E-state index contributed by atoms with van der Waals surface area (Å²) >= 11 is 5.89. The maximum atomic E-state index is 10.5. The molecule has 1 unspecified atom stereocenters. The van der Waals surface area contributed by atoms with Crippen molar-refractivity contribution in [1.29, 1.82) is 0 Å². The fourth-order valence-electron chi connectivity index (χ4n) is 2.69. The minimum absolute atomic E-state index is 0.0493. The van der Waals surface area contributed by atoms with E-state index in [1.54, 1.807) is 0 Å². The Morgan fingerprint density at radius 2 is 2.15 bits per heavy atom. The molecule has 0 aromatic heterocycles. The maximum Gasteiger partial charge on any atom is 0.317 e. The molecule has 1 aromatic rings. The number of carboxylic acid groups (broad SMARTS) is 1. The van der Waals surface area contributed by atoms with Gasteiger partial charge in [0, 0.05) is 18.1 Å². The molecule has 0 spiro atoms. The molecule has 0 bridgehead atoms. The molecule has 20 heavy (non-hydrogen) atoms. The summed E-state index contributed by atoms with van der Waals surface area (Å²) in [6.07, 6.45) is 2.34. The zero-order chi connectivity index (χ0) is 14.4. The van der Waals surface area contributed by atoms with Crippen LogP contribution in [0.3, 0.4) is 0 Å². The molecule has 4 nitrogen and oxygen atoms in total. The molecule has 0 aliphatic carbocycles. The van der Waals surface area contributed by atoms with Gasteiger partial charge in [-0.1, -0.05) is 23.7 Å². The van der Waals surface area contributed by atoms with E-state index in [9.17, 15) is 4.79 Å². The van der Waals surface area contributed by atoms with Gasteiger partial charge in [-0.3, -0.25) is 9.69 Å². The number of rotatable bonds is 6.